The number of halogens is 1. The van der Waals surface area contributed by atoms with E-state index in [1.54, 1.807) is 0 Å². The number of likely N-dealkylation sites (N-methyl/N-ethyl adjacent to an activating group) is 1. The van der Waals surface area contributed by atoms with Gasteiger partial charge in [-0.25, -0.2) is 0 Å². The van der Waals surface area contributed by atoms with Crippen LogP contribution in [0.2, 0.25) is 0 Å². The van der Waals surface area contributed by atoms with Crippen molar-refractivity contribution in [2.45, 2.75) is 12.8 Å². The lowest BCUT2D eigenvalue weighted by Gasteiger charge is -2.34. The van der Waals surface area contributed by atoms with E-state index in [0.717, 1.165) is 43.9 Å². The highest BCUT2D eigenvalue weighted by atomic mass is 35.5. The normalized spacial score (nSPS) is 16.9. The van der Waals surface area contributed by atoms with E-state index in [1.807, 2.05) is 29.2 Å². The fourth-order valence-electron chi connectivity index (χ4n) is 2.24. The zero-order valence-corrected chi connectivity index (χ0v) is 11.5. The van der Waals surface area contributed by atoms with Crippen LogP contribution in [0.25, 0.3) is 0 Å². The summed E-state index contributed by atoms with van der Waals surface area (Å²) in [7, 11) is 0. The zero-order chi connectivity index (χ0) is 13.0. The first-order valence-corrected chi connectivity index (χ1v) is 6.94. The minimum absolute atomic E-state index is 0.123. The molecule has 0 saturated carbocycles. The predicted octanol–water partition coefficient (Wildman–Crippen LogP) is 2.20. The van der Waals surface area contributed by atoms with Gasteiger partial charge in [-0.1, -0.05) is 19.1 Å². The predicted molar refractivity (Wildman–Crippen MR) is 74.0 cm³/mol. The number of hydrogen-bond donors (Lipinski definition) is 0. The maximum Gasteiger partial charge on any atom is 0.253 e. The van der Waals surface area contributed by atoms with Crippen molar-refractivity contribution >= 4 is 17.5 Å². The quantitative estimate of drug-likeness (QED) is 0.783. The molecule has 1 saturated heterocycles. The van der Waals surface area contributed by atoms with Crippen LogP contribution in [0.1, 0.15) is 22.8 Å². The molecule has 1 heterocycles. The second kappa shape index (κ2) is 6.21. The third-order valence-corrected chi connectivity index (χ3v) is 3.74. The number of nitrogens with zero attached hydrogens (tertiary/aromatic N) is 2. The molecule has 1 aliphatic rings. The highest BCUT2D eigenvalue weighted by Crippen LogP contribution is 2.12. The van der Waals surface area contributed by atoms with Crippen LogP contribution < -0.4 is 0 Å². The third-order valence-electron chi connectivity index (χ3n) is 3.43. The Labute approximate surface area is 113 Å². The smallest absolute Gasteiger partial charge is 0.253 e. The van der Waals surface area contributed by atoms with E-state index < -0.39 is 0 Å². The summed E-state index contributed by atoms with van der Waals surface area (Å²) < 4.78 is 0. The number of benzene rings is 1. The van der Waals surface area contributed by atoms with Crippen LogP contribution in [0.5, 0.6) is 0 Å². The molecule has 2 rings (SSSR count). The van der Waals surface area contributed by atoms with Crippen LogP contribution in [0.3, 0.4) is 0 Å². The van der Waals surface area contributed by atoms with E-state index in [0.29, 0.717) is 5.88 Å². The van der Waals surface area contributed by atoms with Crippen molar-refractivity contribution in [2.24, 2.45) is 0 Å². The second-order valence-corrected chi connectivity index (χ2v) is 4.83. The van der Waals surface area contributed by atoms with E-state index in [9.17, 15) is 4.79 Å². The van der Waals surface area contributed by atoms with Gasteiger partial charge in [-0.3, -0.25) is 4.79 Å². The molecular formula is C14H19ClN2O. The Morgan fingerprint density at radius 1 is 1.28 bits per heavy atom. The topological polar surface area (TPSA) is 23.6 Å². The second-order valence-electron chi connectivity index (χ2n) is 4.56. The fourth-order valence-corrected chi connectivity index (χ4v) is 2.40. The summed E-state index contributed by atoms with van der Waals surface area (Å²) in [6.07, 6.45) is 0. The van der Waals surface area contributed by atoms with E-state index in [2.05, 4.69) is 11.8 Å². The molecule has 0 spiro atoms. The van der Waals surface area contributed by atoms with Crippen molar-refractivity contribution in [3.63, 3.8) is 0 Å². The summed E-state index contributed by atoms with van der Waals surface area (Å²) in [5.74, 6) is 0.572. The lowest BCUT2D eigenvalue weighted by Crippen LogP contribution is -2.48. The maximum absolute atomic E-state index is 12.3. The highest BCUT2D eigenvalue weighted by molar-refractivity contribution is 6.17. The van der Waals surface area contributed by atoms with E-state index in [4.69, 9.17) is 11.6 Å². The first-order chi connectivity index (χ1) is 8.74. The Balaban J connectivity index is 2.03. The van der Waals surface area contributed by atoms with Crippen LogP contribution in [0.15, 0.2) is 24.3 Å². The van der Waals surface area contributed by atoms with Crippen molar-refractivity contribution in [3.8, 4) is 0 Å². The number of alkyl halides is 1. The molecule has 4 heteroatoms. The van der Waals surface area contributed by atoms with Crippen molar-refractivity contribution in [1.29, 1.82) is 0 Å². The Hall–Kier alpha value is -1.06. The average Bonchev–Trinajstić information content (AvgIpc) is 2.46. The van der Waals surface area contributed by atoms with E-state index >= 15 is 0 Å². The van der Waals surface area contributed by atoms with Gasteiger partial charge in [0.1, 0.15) is 0 Å². The summed E-state index contributed by atoms with van der Waals surface area (Å²) in [5, 5.41) is 0. The number of carbonyl (C=O) groups excluding carboxylic acids is 1. The SMILES string of the molecule is CCN1CCN(C(=O)c2cccc(CCl)c2)CC1. The van der Waals surface area contributed by atoms with Crippen molar-refractivity contribution < 1.29 is 4.79 Å². The first kappa shape index (κ1) is 13.4. The van der Waals surface area contributed by atoms with Gasteiger partial charge < -0.3 is 9.80 Å². The lowest BCUT2D eigenvalue weighted by molar-refractivity contribution is 0.0643. The van der Waals surface area contributed by atoms with Crippen molar-refractivity contribution in [3.05, 3.63) is 35.4 Å². The molecule has 98 valence electrons. The van der Waals surface area contributed by atoms with E-state index in [1.165, 1.54) is 0 Å². The van der Waals surface area contributed by atoms with Gasteiger partial charge in [0.15, 0.2) is 0 Å². The Kier molecular flexibility index (Phi) is 4.61. The molecule has 1 aliphatic heterocycles. The third kappa shape index (κ3) is 3.03. The summed E-state index contributed by atoms with van der Waals surface area (Å²) in [5.41, 5.74) is 1.74. The minimum Gasteiger partial charge on any atom is -0.336 e. The summed E-state index contributed by atoms with van der Waals surface area (Å²) in [6.45, 7) is 6.79. The van der Waals surface area contributed by atoms with Gasteiger partial charge in [-0.2, -0.15) is 0 Å². The summed E-state index contributed by atoms with van der Waals surface area (Å²) >= 11 is 5.80. The molecule has 0 N–H and O–H groups in total. The molecule has 0 unspecified atom stereocenters. The lowest BCUT2D eigenvalue weighted by atomic mass is 10.1. The van der Waals surface area contributed by atoms with Gasteiger partial charge in [0.2, 0.25) is 0 Å². The monoisotopic (exact) mass is 266 g/mol. The molecule has 0 atom stereocenters. The molecule has 1 amide bonds. The maximum atomic E-state index is 12.3. The van der Waals surface area contributed by atoms with Gasteiger partial charge in [0.25, 0.3) is 5.91 Å². The van der Waals surface area contributed by atoms with Crippen LogP contribution in [0, 0.1) is 0 Å². The van der Waals surface area contributed by atoms with Crippen LogP contribution in [-0.2, 0) is 5.88 Å². The molecule has 3 nitrogen and oxygen atoms in total. The van der Waals surface area contributed by atoms with Crippen LogP contribution in [0.4, 0.5) is 0 Å². The molecule has 18 heavy (non-hydrogen) atoms. The number of hydrogen-bond acceptors (Lipinski definition) is 2. The van der Waals surface area contributed by atoms with Gasteiger partial charge in [-0.15, -0.1) is 11.6 Å². The first-order valence-electron chi connectivity index (χ1n) is 6.41. The zero-order valence-electron chi connectivity index (χ0n) is 10.7. The molecule has 0 aliphatic carbocycles. The fraction of sp³-hybridized carbons (Fsp3) is 0.500. The summed E-state index contributed by atoms with van der Waals surface area (Å²) in [4.78, 5) is 16.6. The highest BCUT2D eigenvalue weighted by Gasteiger charge is 2.21. The minimum atomic E-state index is 0.123. The molecule has 1 aromatic carbocycles. The molecule has 0 bridgehead atoms. The number of piperazine rings is 1. The summed E-state index contributed by atoms with van der Waals surface area (Å²) in [6, 6.07) is 7.60. The van der Waals surface area contributed by atoms with Gasteiger partial charge in [-0.05, 0) is 24.2 Å². The Morgan fingerprint density at radius 2 is 2.00 bits per heavy atom. The van der Waals surface area contributed by atoms with Gasteiger partial charge in [0, 0.05) is 37.6 Å². The molecular weight excluding hydrogens is 248 g/mol. The average molecular weight is 267 g/mol. The molecule has 0 radical (unpaired) electrons. The van der Waals surface area contributed by atoms with Gasteiger partial charge in [0.05, 0.1) is 0 Å². The van der Waals surface area contributed by atoms with Crippen LogP contribution in [-0.4, -0.2) is 48.4 Å². The van der Waals surface area contributed by atoms with Crippen LogP contribution >= 0.6 is 11.6 Å². The Bertz CT molecular complexity index is 414. The molecule has 0 aromatic heterocycles. The molecule has 1 fully saturated rings. The number of rotatable bonds is 3. The Morgan fingerprint density at radius 3 is 2.61 bits per heavy atom. The largest absolute Gasteiger partial charge is 0.336 e. The van der Waals surface area contributed by atoms with Gasteiger partial charge >= 0.3 is 0 Å². The molecule has 1 aromatic rings. The van der Waals surface area contributed by atoms with Crippen molar-refractivity contribution in [2.75, 3.05) is 32.7 Å². The van der Waals surface area contributed by atoms with Crippen molar-refractivity contribution in [1.82, 2.24) is 9.80 Å². The van der Waals surface area contributed by atoms with E-state index in [-0.39, 0.29) is 5.91 Å². The number of amides is 1. The standard InChI is InChI=1S/C14H19ClN2O/c1-2-16-6-8-17(9-7-16)14(18)13-5-3-4-12(10-13)11-15/h3-5,10H,2,6-9,11H2,1H3. The number of carbonyl (C=O) groups is 1.